The van der Waals surface area contributed by atoms with Crippen molar-refractivity contribution in [3.63, 3.8) is 0 Å². The summed E-state index contributed by atoms with van der Waals surface area (Å²) >= 11 is 0. The maximum absolute atomic E-state index is 12.2. The second-order valence-corrected chi connectivity index (χ2v) is 11.8. The Kier molecular flexibility index (Phi) is 15.5. The normalized spacial score (nSPS) is 18.1. The number of rotatable bonds is 22. The minimum atomic E-state index is -1.11. The van der Waals surface area contributed by atoms with E-state index in [1.807, 2.05) is 13.8 Å². The molecule has 0 aromatic heterocycles. The molecule has 4 N–H and O–H groups in total. The number of unbranched alkanes of at least 4 members (excludes halogenated alkanes) is 14. The molecular formula is C32H52N4O6. The molecule has 236 valence electrons. The Hall–Kier alpha value is -3.04. The van der Waals surface area contributed by atoms with Gasteiger partial charge in [0.2, 0.25) is 23.6 Å². The van der Waals surface area contributed by atoms with E-state index in [0.29, 0.717) is 25.7 Å². The van der Waals surface area contributed by atoms with Crippen molar-refractivity contribution in [2.45, 2.75) is 142 Å². The molecule has 8 amide bonds. The Morgan fingerprint density at radius 2 is 0.690 bits per heavy atom. The van der Waals surface area contributed by atoms with Crippen LogP contribution < -0.4 is 21.3 Å². The third kappa shape index (κ3) is 10.3. The number of imide groups is 4. The highest BCUT2D eigenvalue weighted by Crippen LogP contribution is 2.33. The van der Waals surface area contributed by atoms with E-state index in [9.17, 15) is 28.8 Å². The van der Waals surface area contributed by atoms with Gasteiger partial charge in [0.15, 0.2) is 0 Å². The summed E-state index contributed by atoms with van der Waals surface area (Å²) in [5.41, 5.74) is -2.22. The van der Waals surface area contributed by atoms with E-state index in [0.717, 1.165) is 64.2 Å². The topological polar surface area (TPSA) is 151 Å². The molecule has 0 aromatic carbocycles. The van der Waals surface area contributed by atoms with Crippen molar-refractivity contribution in [2.24, 2.45) is 10.8 Å². The number of hydrogen-bond acceptors (Lipinski definition) is 6. The Labute approximate surface area is 251 Å². The molecule has 0 aromatic rings. The highest BCUT2D eigenvalue weighted by atomic mass is 16.2. The fourth-order valence-electron chi connectivity index (χ4n) is 5.99. The molecule has 0 aliphatic carbocycles. The predicted molar refractivity (Wildman–Crippen MR) is 161 cm³/mol. The predicted octanol–water partition coefficient (Wildman–Crippen LogP) is 6.09. The first-order valence-electron chi connectivity index (χ1n) is 16.2. The van der Waals surface area contributed by atoms with Crippen LogP contribution in [-0.4, -0.2) is 35.7 Å². The second-order valence-electron chi connectivity index (χ2n) is 11.8. The first kappa shape index (κ1) is 35.2. The first-order valence-corrected chi connectivity index (χ1v) is 16.2. The molecule has 42 heavy (non-hydrogen) atoms. The summed E-state index contributed by atoms with van der Waals surface area (Å²) in [6.07, 6.45) is 23.8. The third-order valence-electron chi connectivity index (χ3n) is 8.97. The molecule has 2 rings (SSSR count). The first-order chi connectivity index (χ1) is 20.2. The number of nitrogens with one attached hydrogen (secondary N) is 4. The van der Waals surface area contributed by atoms with Gasteiger partial charge in [-0.15, -0.1) is 0 Å². The van der Waals surface area contributed by atoms with Crippen LogP contribution in [0.2, 0.25) is 0 Å². The van der Waals surface area contributed by atoms with Gasteiger partial charge in [0.1, 0.15) is 10.8 Å². The molecule has 10 nitrogen and oxygen atoms in total. The van der Waals surface area contributed by atoms with Crippen LogP contribution in [-0.2, 0) is 19.2 Å². The lowest BCUT2D eigenvalue weighted by Gasteiger charge is -2.33. The number of urea groups is 2. The summed E-state index contributed by atoms with van der Waals surface area (Å²) < 4.78 is 0. The molecule has 2 aliphatic rings. The van der Waals surface area contributed by atoms with Gasteiger partial charge in [-0.3, -0.25) is 40.4 Å². The van der Waals surface area contributed by atoms with Crippen molar-refractivity contribution >= 4 is 35.7 Å². The lowest BCUT2D eigenvalue weighted by Crippen LogP contribution is -2.62. The maximum atomic E-state index is 12.2. The van der Waals surface area contributed by atoms with E-state index in [1.54, 1.807) is 0 Å². The van der Waals surface area contributed by atoms with Gasteiger partial charge in [-0.1, -0.05) is 103 Å². The van der Waals surface area contributed by atoms with Gasteiger partial charge in [-0.05, 0) is 51.4 Å². The van der Waals surface area contributed by atoms with E-state index < -0.39 is 46.5 Å². The van der Waals surface area contributed by atoms with Gasteiger partial charge in [-0.25, -0.2) is 9.59 Å². The Morgan fingerprint density at radius 3 is 0.976 bits per heavy atom. The van der Waals surface area contributed by atoms with Gasteiger partial charge >= 0.3 is 12.1 Å². The standard InChI is InChI=1S/C32H52N4O6/c1-3-31(25(37)33-29(41)34-26(31)38)23-21-19-17-15-13-11-9-7-5-6-8-10-12-14-16-18-20-22-24-32(4-2)27(39)35-30(42)36-28(32)40/h5-6H,3-4,7-24H2,1-2H3,(H2,33,34,37,38,41)(H2,35,36,39,40,42)/b6-5+. The van der Waals surface area contributed by atoms with Gasteiger partial charge in [0.05, 0.1) is 0 Å². The zero-order valence-corrected chi connectivity index (χ0v) is 25.7. The highest BCUT2D eigenvalue weighted by Gasteiger charge is 2.49. The molecule has 0 unspecified atom stereocenters. The quantitative estimate of drug-likeness (QED) is 0.0683. The second kappa shape index (κ2) is 18.5. The Balaban J connectivity index is 1.38. The molecule has 0 atom stereocenters. The van der Waals surface area contributed by atoms with Gasteiger partial charge in [-0.2, -0.15) is 0 Å². The minimum Gasteiger partial charge on any atom is -0.277 e. The third-order valence-corrected chi connectivity index (χ3v) is 8.97. The average molecular weight is 589 g/mol. The van der Waals surface area contributed by atoms with Crippen molar-refractivity contribution in [1.82, 2.24) is 21.3 Å². The molecule has 2 fully saturated rings. The average Bonchev–Trinajstić information content (AvgIpc) is 2.94. The number of carbonyl (C=O) groups excluding carboxylic acids is 6. The molecule has 0 saturated carbocycles. The van der Waals surface area contributed by atoms with E-state index in [2.05, 4.69) is 33.4 Å². The summed E-state index contributed by atoms with van der Waals surface area (Å²) in [7, 11) is 0. The van der Waals surface area contributed by atoms with Crippen LogP contribution in [0.25, 0.3) is 0 Å². The van der Waals surface area contributed by atoms with Crippen molar-refractivity contribution in [3.8, 4) is 0 Å². The molecule has 0 spiro atoms. The summed E-state index contributed by atoms with van der Waals surface area (Å²) in [6, 6.07) is -1.45. The molecule has 2 aliphatic heterocycles. The Morgan fingerprint density at radius 1 is 0.429 bits per heavy atom. The van der Waals surface area contributed by atoms with Crippen LogP contribution in [0, 0.1) is 10.8 Å². The van der Waals surface area contributed by atoms with Crippen LogP contribution in [0.15, 0.2) is 12.2 Å². The van der Waals surface area contributed by atoms with Crippen LogP contribution in [0.5, 0.6) is 0 Å². The maximum Gasteiger partial charge on any atom is 0.328 e. The number of hydrogen-bond donors (Lipinski definition) is 4. The molecule has 0 bridgehead atoms. The molecule has 2 saturated heterocycles. The summed E-state index contributed by atoms with van der Waals surface area (Å²) in [5, 5.41) is 8.94. The zero-order valence-electron chi connectivity index (χ0n) is 25.7. The van der Waals surface area contributed by atoms with E-state index in [4.69, 9.17) is 0 Å². The van der Waals surface area contributed by atoms with Crippen molar-refractivity contribution in [1.29, 1.82) is 0 Å². The highest BCUT2D eigenvalue weighted by molar-refractivity contribution is 6.19. The zero-order chi connectivity index (χ0) is 30.8. The lowest BCUT2D eigenvalue weighted by molar-refractivity contribution is -0.147. The molecule has 10 heteroatoms. The molecule has 0 radical (unpaired) electrons. The number of barbiturate groups is 2. The summed E-state index contributed by atoms with van der Waals surface area (Å²) in [4.78, 5) is 71.6. The smallest absolute Gasteiger partial charge is 0.277 e. The number of amides is 8. The number of allylic oxidation sites excluding steroid dienone is 2. The van der Waals surface area contributed by atoms with E-state index >= 15 is 0 Å². The van der Waals surface area contributed by atoms with Crippen LogP contribution in [0.1, 0.15) is 142 Å². The summed E-state index contributed by atoms with van der Waals surface area (Å²) in [6.45, 7) is 3.63. The van der Waals surface area contributed by atoms with Gasteiger partial charge in [0.25, 0.3) is 0 Å². The fourth-order valence-corrected chi connectivity index (χ4v) is 5.99. The molecular weight excluding hydrogens is 536 g/mol. The van der Waals surface area contributed by atoms with E-state index in [1.165, 1.54) is 38.5 Å². The molecule has 2 heterocycles. The van der Waals surface area contributed by atoms with E-state index in [-0.39, 0.29) is 0 Å². The van der Waals surface area contributed by atoms with Gasteiger partial charge < -0.3 is 0 Å². The van der Waals surface area contributed by atoms with Crippen molar-refractivity contribution in [3.05, 3.63) is 12.2 Å². The van der Waals surface area contributed by atoms with Crippen LogP contribution >= 0.6 is 0 Å². The monoisotopic (exact) mass is 588 g/mol. The fraction of sp³-hybridized carbons (Fsp3) is 0.750. The lowest BCUT2D eigenvalue weighted by atomic mass is 9.77. The van der Waals surface area contributed by atoms with Gasteiger partial charge in [0, 0.05) is 0 Å². The minimum absolute atomic E-state index is 0.393. The van der Waals surface area contributed by atoms with Crippen molar-refractivity contribution in [2.75, 3.05) is 0 Å². The Bertz CT molecular complexity index is 860. The van der Waals surface area contributed by atoms with Crippen molar-refractivity contribution < 1.29 is 28.8 Å². The van der Waals surface area contributed by atoms with Crippen LogP contribution in [0.4, 0.5) is 9.59 Å². The largest absolute Gasteiger partial charge is 0.328 e. The SMILES string of the molecule is CCC1(CCCCCCCCC/C=C/CCCCCCCCCC2(CC)C(=O)NC(=O)NC2=O)C(=O)NC(=O)NC1=O. The summed E-state index contributed by atoms with van der Waals surface area (Å²) in [5.74, 6) is -1.87. The number of carbonyl (C=O) groups is 6. The van der Waals surface area contributed by atoms with Crippen LogP contribution in [0.3, 0.4) is 0 Å².